The summed E-state index contributed by atoms with van der Waals surface area (Å²) < 4.78 is 9.68. The smallest absolute Gasteiger partial charge is 0.404 e. The van der Waals surface area contributed by atoms with Crippen LogP contribution in [0.2, 0.25) is 0 Å². The van der Waals surface area contributed by atoms with Gasteiger partial charge in [-0.1, -0.05) is 43.7 Å². The Labute approximate surface area is 138 Å². The first-order valence-electron chi connectivity index (χ1n) is 8.08. The Balaban J connectivity index is 0.000000284. The molecule has 0 aliphatic carbocycles. The summed E-state index contributed by atoms with van der Waals surface area (Å²) in [5, 5.41) is 9.99. The van der Waals surface area contributed by atoms with Crippen molar-refractivity contribution in [1.82, 2.24) is 4.90 Å². The molecule has 0 radical (unpaired) electrons. The van der Waals surface area contributed by atoms with Crippen LogP contribution in [0, 0.1) is 0 Å². The van der Waals surface area contributed by atoms with Gasteiger partial charge < -0.3 is 20.3 Å². The number of unbranched alkanes of at least 4 members (excludes halogenated alkanes) is 1. The highest BCUT2D eigenvalue weighted by Crippen LogP contribution is 2.14. The van der Waals surface area contributed by atoms with Crippen LogP contribution < -0.4 is 5.73 Å². The lowest BCUT2D eigenvalue weighted by Crippen LogP contribution is -2.38. The minimum absolute atomic E-state index is 0.385. The van der Waals surface area contributed by atoms with E-state index in [0.29, 0.717) is 13.2 Å². The lowest BCUT2D eigenvalue weighted by Gasteiger charge is -2.28. The lowest BCUT2D eigenvalue weighted by atomic mass is 10.1. The molecule has 1 amide bonds. The molecule has 1 atom stereocenters. The summed E-state index contributed by atoms with van der Waals surface area (Å²) in [5.41, 5.74) is 5.66. The molecule has 1 heterocycles. The van der Waals surface area contributed by atoms with Crippen molar-refractivity contribution >= 4 is 6.09 Å². The molecule has 3 N–H and O–H groups in total. The van der Waals surface area contributed by atoms with Gasteiger partial charge in [-0.2, -0.15) is 0 Å². The van der Waals surface area contributed by atoms with Gasteiger partial charge in [0.15, 0.2) is 0 Å². The Bertz CT molecular complexity index is 422. The highest BCUT2D eigenvalue weighted by Gasteiger charge is 2.15. The van der Waals surface area contributed by atoms with E-state index >= 15 is 0 Å². The van der Waals surface area contributed by atoms with Crippen LogP contribution in [0.15, 0.2) is 30.3 Å². The van der Waals surface area contributed by atoms with Gasteiger partial charge in [0.2, 0.25) is 0 Å². The number of β-amino-alcohol motifs (C(OH)–C–C–N with tert-alkyl or cyclic N) is 1. The number of benzene rings is 1. The third-order valence-electron chi connectivity index (χ3n) is 3.46. The zero-order valence-corrected chi connectivity index (χ0v) is 13.8. The molecule has 6 heteroatoms. The Morgan fingerprint density at radius 2 is 2.00 bits per heavy atom. The molecule has 1 fully saturated rings. The van der Waals surface area contributed by atoms with Crippen molar-refractivity contribution in [2.45, 2.75) is 25.9 Å². The SMILES string of the molecule is CCCCOC(N)=O.OC(CN1CCOCC1)c1ccccc1. The second kappa shape index (κ2) is 11.9. The summed E-state index contributed by atoms with van der Waals surface area (Å²) >= 11 is 0. The summed E-state index contributed by atoms with van der Waals surface area (Å²) in [5.74, 6) is 0. The van der Waals surface area contributed by atoms with Crippen LogP contribution in [0.1, 0.15) is 31.4 Å². The number of amides is 1. The molecule has 1 aliphatic heterocycles. The number of morpholine rings is 1. The molecule has 1 saturated heterocycles. The Hall–Kier alpha value is -1.63. The predicted octanol–water partition coefficient (Wildman–Crippen LogP) is 1.93. The first-order valence-corrected chi connectivity index (χ1v) is 8.08. The van der Waals surface area contributed by atoms with Crippen molar-refractivity contribution in [2.75, 3.05) is 39.5 Å². The average Bonchev–Trinajstić information content (AvgIpc) is 2.57. The number of aliphatic hydroxyl groups excluding tert-OH is 1. The van der Waals surface area contributed by atoms with E-state index in [1.807, 2.05) is 37.3 Å². The van der Waals surface area contributed by atoms with Gasteiger partial charge >= 0.3 is 6.09 Å². The van der Waals surface area contributed by atoms with Crippen LogP contribution in [-0.2, 0) is 9.47 Å². The van der Waals surface area contributed by atoms with E-state index in [0.717, 1.165) is 44.7 Å². The second-order valence-corrected chi connectivity index (χ2v) is 5.36. The monoisotopic (exact) mass is 324 g/mol. The normalized spacial score (nSPS) is 16.1. The zero-order chi connectivity index (χ0) is 16.9. The quantitative estimate of drug-likeness (QED) is 0.781. The van der Waals surface area contributed by atoms with Crippen LogP contribution in [-0.4, -0.2) is 55.6 Å². The number of nitrogens with zero attached hydrogens (tertiary/aromatic N) is 1. The number of rotatable bonds is 6. The van der Waals surface area contributed by atoms with E-state index < -0.39 is 6.09 Å². The number of primary amides is 1. The number of nitrogens with two attached hydrogens (primary N) is 1. The van der Waals surface area contributed by atoms with Gasteiger partial charge in [0.25, 0.3) is 0 Å². The third-order valence-corrected chi connectivity index (χ3v) is 3.46. The van der Waals surface area contributed by atoms with Crippen LogP contribution in [0.3, 0.4) is 0 Å². The molecule has 130 valence electrons. The summed E-state index contributed by atoms with van der Waals surface area (Å²) in [7, 11) is 0. The van der Waals surface area contributed by atoms with Gasteiger partial charge in [0, 0.05) is 19.6 Å². The number of carbonyl (C=O) groups excluding carboxylic acids is 1. The summed E-state index contributed by atoms with van der Waals surface area (Å²) in [6, 6.07) is 9.80. The fraction of sp³-hybridized carbons (Fsp3) is 0.588. The fourth-order valence-electron chi connectivity index (χ4n) is 2.13. The van der Waals surface area contributed by atoms with Crippen molar-refractivity contribution in [1.29, 1.82) is 0 Å². The maximum Gasteiger partial charge on any atom is 0.404 e. The second-order valence-electron chi connectivity index (χ2n) is 5.36. The van der Waals surface area contributed by atoms with Gasteiger partial charge in [0.1, 0.15) is 0 Å². The topological polar surface area (TPSA) is 85.0 Å². The molecule has 0 spiro atoms. The fourth-order valence-corrected chi connectivity index (χ4v) is 2.13. The molecule has 0 aromatic heterocycles. The standard InChI is InChI=1S/C12H17NO2.C5H11NO2/c14-12(11-4-2-1-3-5-11)10-13-6-8-15-9-7-13;1-2-3-4-8-5(6)7/h1-5,12,14H,6-10H2;2-4H2,1H3,(H2,6,7). The summed E-state index contributed by atoms with van der Waals surface area (Å²) in [4.78, 5) is 12.1. The Morgan fingerprint density at radius 1 is 1.35 bits per heavy atom. The van der Waals surface area contributed by atoms with Gasteiger partial charge in [0.05, 0.1) is 25.9 Å². The van der Waals surface area contributed by atoms with Crippen molar-refractivity contribution in [3.8, 4) is 0 Å². The number of hydrogen-bond acceptors (Lipinski definition) is 5. The predicted molar refractivity (Wildman–Crippen MR) is 89.1 cm³/mol. The van der Waals surface area contributed by atoms with E-state index in [9.17, 15) is 9.90 Å². The van der Waals surface area contributed by atoms with E-state index in [4.69, 9.17) is 4.74 Å². The molecule has 1 unspecified atom stereocenters. The largest absolute Gasteiger partial charge is 0.450 e. The van der Waals surface area contributed by atoms with E-state index in [-0.39, 0.29) is 6.10 Å². The molecule has 6 nitrogen and oxygen atoms in total. The number of carbonyl (C=O) groups is 1. The molecule has 1 aliphatic rings. The minimum atomic E-state index is -0.682. The number of ether oxygens (including phenoxy) is 2. The van der Waals surface area contributed by atoms with Gasteiger partial charge in [-0.25, -0.2) is 4.79 Å². The van der Waals surface area contributed by atoms with Gasteiger partial charge in [-0.05, 0) is 12.0 Å². The highest BCUT2D eigenvalue weighted by molar-refractivity contribution is 5.64. The van der Waals surface area contributed by atoms with Crippen LogP contribution in [0.25, 0.3) is 0 Å². The minimum Gasteiger partial charge on any atom is -0.450 e. The summed E-state index contributed by atoms with van der Waals surface area (Å²) in [6.45, 7) is 6.57. The van der Waals surface area contributed by atoms with Gasteiger partial charge in [-0.3, -0.25) is 4.90 Å². The number of hydrogen-bond donors (Lipinski definition) is 2. The Morgan fingerprint density at radius 3 is 2.57 bits per heavy atom. The molecular formula is C17H28N2O4. The first-order chi connectivity index (χ1) is 11.1. The van der Waals surface area contributed by atoms with Crippen molar-refractivity contribution in [2.24, 2.45) is 5.73 Å². The Kier molecular flexibility index (Phi) is 10.0. The molecular weight excluding hydrogens is 296 g/mol. The number of aliphatic hydroxyl groups is 1. The van der Waals surface area contributed by atoms with Crippen molar-refractivity contribution in [3.05, 3.63) is 35.9 Å². The van der Waals surface area contributed by atoms with Crippen LogP contribution in [0.4, 0.5) is 4.79 Å². The maximum atomic E-state index is 9.99. The van der Waals surface area contributed by atoms with Crippen LogP contribution in [0.5, 0.6) is 0 Å². The first kappa shape index (κ1) is 19.4. The van der Waals surface area contributed by atoms with Crippen molar-refractivity contribution < 1.29 is 19.4 Å². The molecule has 23 heavy (non-hydrogen) atoms. The lowest BCUT2D eigenvalue weighted by molar-refractivity contribution is 0.0143. The molecule has 0 saturated carbocycles. The molecule has 2 rings (SSSR count). The molecule has 1 aromatic carbocycles. The summed E-state index contributed by atoms with van der Waals surface area (Å²) in [6.07, 6.45) is 0.846. The zero-order valence-electron chi connectivity index (χ0n) is 13.8. The maximum absolute atomic E-state index is 9.99. The molecule has 0 bridgehead atoms. The van der Waals surface area contributed by atoms with E-state index in [2.05, 4.69) is 15.4 Å². The average molecular weight is 324 g/mol. The van der Waals surface area contributed by atoms with Gasteiger partial charge in [-0.15, -0.1) is 0 Å². The van der Waals surface area contributed by atoms with E-state index in [1.54, 1.807) is 0 Å². The molecule has 1 aromatic rings. The van der Waals surface area contributed by atoms with E-state index in [1.165, 1.54) is 0 Å². The third kappa shape index (κ3) is 9.18. The van der Waals surface area contributed by atoms with Crippen LogP contribution >= 0.6 is 0 Å². The van der Waals surface area contributed by atoms with Crippen molar-refractivity contribution in [3.63, 3.8) is 0 Å². The highest BCUT2D eigenvalue weighted by atomic mass is 16.5.